The van der Waals surface area contributed by atoms with Gasteiger partial charge >= 0.3 is 0 Å². The number of hydrogen-bond acceptors (Lipinski definition) is 4. The zero-order chi connectivity index (χ0) is 18.4. The molecule has 140 valence electrons. The maximum Gasteiger partial charge on any atom is 0.261 e. The van der Waals surface area contributed by atoms with Gasteiger partial charge in [0.15, 0.2) is 0 Å². The number of aromatic amines is 1. The van der Waals surface area contributed by atoms with Crippen LogP contribution in [-0.2, 0) is 19.6 Å². The van der Waals surface area contributed by atoms with Crippen molar-refractivity contribution in [2.24, 2.45) is 5.92 Å². The van der Waals surface area contributed by atoms with Crippen LogP contribution in [0, 0.1) is 5.92 Å². The molecule has 0 aromatic carbocycles. The number of aryl methyl sites for hydroxylation is 1. The summed E-state index contributed by atoms with van der Waals surface area (Å²) < 4.78 is 3.96. The molecule has 1 fully saturated rings. The van der Waals surface area contributed by atoms with Gasteiger partial charge in [-0.05, 0) is 37.5 Å². The van der Waals surface area contributed by atoms with Crippen LogP contribution in [0.1, 0.15) is 30.7 Å². The van der Waals surface area contributed by atoms with E-state index in [0.29, 0.717) is 23.2 Å². The molecule has 0 amide bonds. The maximum absolute atomic E-state index is 13.0. The molecule has 1 saturated heterocycles. The summed E-state index contributed by atoms with van der Waals surface area (Å²) in [6.45, 7) is 6.68. The Balaban J connectivity index is 1.41. The number of pyridine rings is 1. The van der Waals surface area contributed by atoms with Gasteiger partial charge in [0.25, 0.3) is 5.56 Å². The first kappa shape index (κ1) is 16.5. The number of H-pyrrole nitrogens is 1. The first-order chi connectivity index (χ1) is 13.2. The van der Waals surface area contributed by atoms with E-state index < -0.39 is 0 Å². The van der Waals surface area contributed by atoms with Gasteiger partial charge in [0.2, 0.25) is 0 Å². The summed E-state index contributed by atoms with van der Waals surface area (Å²) in [5.41, 5.74) is 3.02. The van der Waals surface area contributed by atoms with E-state index in [1.807, 2.05) is 21.5 Å². The molecule has 7 nitrogen and oxygen atoms in total. The molecule has 0 aliphatic carbocycles. The number of fused-ring (bicyclic) bond motifs is 4. The van der Waals surface area contributed by atoms with E-state index in [0.717, 1.165) is 44.1 Å². The smallest absolute Gasteiger partial charge is 0.261 e. The topological polar surface area (TPSA) is 71.7 Å². The van der Waals surface area contributed by atoms with Gasteiger partial charge in [-0.2, -0.15) is 5.10 Å². The number of nitrogens with zero attached hydrogens (tertiary/aromatic N) is 5. The van der Waals surface area contributed by atoms with Crippen LogP contribution < -0.4 is 5.56 Å². The van der Waals surface area contributed by atoms with E-state index in [2.05, 4.69) is 39.0 Å². The van der Waals surface area contributed by atoms with Crippen LogP contribution in [-0.4, -0.2) is 42.3 Å². The molecule has 0 unspecified atom stereocenters. The summed E-state index contributed by atoms with van der Waals surface area (Å²) in [6.07, 6.45) is 6.65. The van der Waals surface area contributed by atoms with E-state index in [9.17, 15) is 4.79 Å². The SMILES string of the molecule is CCn1ccc(CN2C[C@@H]3C[C@H](C2)c2ccc(-c4ncc[nH]4)c(=O)n2C3)n1. The van der Waals surface area contributed by atoms with Crippen LogP contribution in [0.15, 0.2) is 41.6 Å². The van der Waals surface area contributed by atoms with Crippen molar-refractivity contribution < 1.29 is 0 Å². The predicted octanol–water partition coefficient (Wildman–Crippen LogP) is 2.07. The molecule has 2 aliphatic rings. The quantitative estimate of drug-likeness (QED) is 0.769. The first-order valence-electron chi connectivity index (χ1n) is 9.69. The molecular formula is C20H24N6O. The molecule has 2 atom stereocenters. The third kappa shape index (κ3) is 2.92. The van der Waals surface area contributed by atoms with Gasteiger partial charge in [0.1, 0.15) is 5.82 Å². The number of nitrogens with one attached hydrogen (secondary N) is 1. The molecule has 3 aromatic rings. The number of hydrogen-bond donors (Lipinski definition) is 1. The molecule has 2 aliphatic heterocycles. The van der Waals surface area contributed by atoms with Crippen molar-refractivity contribution in [1.29, 1.82) is 0 Å². The summed E-state index contributed by atoms with van der Waals surface area (Å²) in [5, 5.41) is 4.62. The summed E-state index contributed by atoms with van der Waals surface area (Å²) >= 11 is 0. The lowest BCUT2D eigenvalue weighted by Crippen LogP contribution is -2.47. The highest BCUT2D eigenvalue weighted by atomic mass is 16.1. The van der Waals surface area contributed by atoms with Crippen LogP contribution in [0.4, 0.5) is 0 Å². The molecule has 0 spiro atoms. The Labute approximate surface area is 157 Å². The molecule has 5 heterocycles. The fourth-order valence-corrected chi connectivity index (χ4v) is 4.66. The van der Waals surface area contributed by atoms with Gasteiger partial charge in [-0.25, -0.2) is 4.98 Å². The second-order valence-corrected chi connectivity index (χ2v) is 7.68. The van der Waals surface area contributed by atoms with Gasteiger partial charge in [-0.3, -0.25) is 14.4 Å². The molecular weight excluding hydrogens is 340 g/mol. The average Bonchev–Trinajstić information content (AvgIpc) is 3.34. The normalized spacial score (nSPS) is 22.0. The number of piperidine rings is 1. The highest BCUT2D eigenvalue weighted by molar-refractivity contribution is 5.53. The Hall–Kier alpha value is -2.67. The second kappa shape index (κ2) is 6.49. The van der Waals surface area contributed by atoms with Crippen LogP contribution >= 0.6 is 0 Å². The van der Waals surface area contributed by atoms with E-state index in [1.54, 1.807) is 12.4 Å². The van der Waals surface area contributed by atoms with Crippen molar-refractivity contribution in [2.45, 2.75) is 38.9 Å². The zero-order valence-corrected chi connectivity index (χ0v) is 15.5. The van der Waals surface area contributed by atoms with Crippen molar-refractivity contribution in [3.05, 3.63) is 58.5 Å². The van der Waals surface area contributed by atoms with Gasteiger partial charge in [0, 0.05) is 62.9 Å². The zero-order valence-electron chi connectivity index (χ0n) is 15.5. The number of likely N-dealkylation sites (tertiary alicyclic amines) is 1. The fourth-order valence-electron chi connectivity index (χ4n) is 4.66. The van der Waals surface area contributed by atoms with Gasteiger partial charge < -0.3 is 9.55 Å². The highest BCUT2D eigenvalue weighted by Gasteiger charge is 2.35. The standard InChI is InChI=1S/C20H24N6O/c1-2-25-8-5-16(23-25)13-24-10-14-9-15(12-24)18-4-3-17(19-21-6-7-22-19)20(27)26(18)11-14/h3-8,14-15H,2,9-13H2,1H3,(H,21,22)/t14-,15+/m0/s1. The lowest BCUT2D eigenvalue weighted by molar-refractivity contribution is 0.113. The minimum atomic E-state index is 0.0762. The second-order valence-electron chi connectivity index (χ2n) is 7.68. The van der Waals surface area contributed by atoms with Crippen molar-refractivity contribution in [3.63, 3.8) is 0 Å². The average molecular weight is 364 g/mol. The Bertz CT molecular complexity index is 1000. The lowest BCUT2D eigenvalue weighted by atomic mass is 9.83. The molecule has 5 rings (SSSR count). The first-order valence-corrected chi connectivity index (χ1v) is 9.69. The fraction of sp³-hybridized carbons (Fsp3) is 0.450. The minimum Gasteiger partial charge on any atom is -0.344 e. The molecule has 27 heavy (non-hydrogen) atoms. The van der Waals surface area contributed by atoms with Crippen molar-refractivity contribution in [1.82, 2.24) is 29.2 Å². The Morgan fingerprint density at radius 3 is 2.93 bits per heavy atom. The van der Waals surface area contributed by atoms with Crippen LogP contribution in [0.25, 0.3) is 11.4 Å². The minimum absolute atomic E-state index is 0.0762. The summed E-state index contributed by atoms with van der Waals surface area (Å²) in [5.74, 6) is 1.57. The third-order valence-electron chi connectivity index (χ3n) is 5.84. The summed E-state index contributed by atoms with van der Waals surface area (Å²) in [7, 11) is 0. The van der Waals surface area contributed by atoms with Gasteiger partial charge in [0.05, 0.1) is 11.3 Å². The Kier molecular flexibility index (Phi) is 3.97. The van der Waals surface area contributed by atoms with E-state index in [1.165, 1.54) is 6.42 Å². The molecule has 3 aromatic heterocycles. The number of aromatic nitrogens is 5. The highest BCUT2D eigenvalue weighted by Crippen LogP contribution is 2.36. The van der Waals surface area contributed by atoms with Crippen LogP contribution in [0.5, 0.6) is 0 Å². The number of rotatable bonds is 4. The maximum atomic E-state index is 13.0. The molecule has 0 saturated carbocycles. The molecule has 2 bridgehead atoms. The molecule has 0 radical (unpaired) electrons. The molecule has 1 N–H and O–H groups in total. The van der Waals surface area contributed by atoms with E-state index in [4.69, 9.17) is 0 Å². The van der Waals surface area contributed by atoms with Crippen LogP contribution in [0.3, 0.4) is 0 Å². The Morgan fingerprint density at radius 2 is 2.15 bits per heavy atom. The monoisotopic (exact) mass is 364 g/mol. The molecule has 7 heteroatoms. The van der Waals surface area contributed by atoms with Gasteiger partial charge in [-0.1, -0.05) is 0 Å². The van der Waals surface area contributed by atoms with Crippen molar-refractivity contribution >= 4 is 0 Å². The largest absolute Gasteiger partial charge is 0.344 e. The van der Waals surface area contributed by atoms with Crippen LogP contribution in [0.2, 0.25) is 0 Å². The lowest BCUT2D eigenvalue weighted by Gasteiger charge is -2.42. The van der Waals surface area contributed by atoms with E-state index in [-0.39, 0.29) is 5.56 Å². The number of imidazole rings is 1. The summed E-state index contributed by atoms with van der Waals surface area (Å²) in [4.78, 5) is 22.8. The van der Waals surface area contributed by atoms with Crippen molar-refractivity contribution in [2.75, 3.05) is 13.1 Å². The van der Waals surface area contributed by atoms with Gasteiger partial charge in [-0.15, -0.1) is 0 Å². The Morgan fingerprint density at radius 1 is 1.22 bits per heavy atom. The van der Waals surface area contributed by atoms with Crippen molar-refractivity contribution in [3.8, 4) is 11.4 Å². The summed E-state index contributed by atoms with van der Waals surface area (Å²) in [6, 6.07) is 6.16. The third-order valence-corrected chi connectivity index (χ3v) is 5.84. The predicted molar refractivity (Wildman–Crippen MR) is 102 cm³/mol. The van der Waals surface area contributed by atoms with E-state index >= 15 is 0 Å².